The third kappa shape index (κ3) is 3.20. The van der Waals surface area contributed by atoms with Crippen molar-refractivity contribution in [3.8, 4) is 6.07 Å². The highest BCUT2D eigenvalue weighted by molar-refractivity contribution is 8.14. The zero-order valence-electron chi connectivity index (χ0n) is 12.0. The summed E-state index contributed by atoms with van der Waals surface area (Å²) in [6.45, 7) is 2.32. The molecule has 5 heteroatoms. The number of halogens is 1. The largest absolute Gasteiger partial charge is 0.334 e. The SMILES string of the molecule is CC1CCC2(CC1)CSC(Nc1cc(C#N)ccc1Cl)=N2. The Morgan fingerprint density at radius 3 is 2.90 bits per heavy atom. The molecule has 0 radical (unpaired) electrons. The van der Waals surface area contributed by atoms with E-state index in [9.17, 15) is 0 Å². The van der Waals surface area contributed by atoms with Crippen LogP contribution >= 0.6 is 23.4 Å². The maximum atomic E-state index is 8.98. The number of amidine groups is 1. The first-order valence-corrected chi connectivity index (χ1v) is 8.66. The molecule has 1 N–H and O–H groups in total. The molecule has 110 valence electrons. The van der Waals surface area contributed by atoms with Gasteiger partial charge in [-0.25, -0.2) is 0 Å². The molecule has 0 atom stereocenters. The van der Waals surface area contributed by atoms with Crippen molar-refractivity contribution in [1.29, 1.82) is 5.26 Å². The van der Waals surface area contributed by atoms with E-state index in [1.165, 1.54) is 25.7 Å². The van der Waals surface area contributed by atoms with Gasteiger partial charge >= 0.3 is 0 Å². The zero-order valence-corrected chi connectivity index (χ0v) is 13.6. The van der Waals surface area contributed by atoms with Crippen molar-refractivity contribution in [2.45, 2.75) is 38.1 Å². The number of nitriles is 1. The molecule has 0 saturated heterocycles. The molecule has 3 nitrogen and oxygen atoms in total. The Morgan fingerprint density at radius 2 is 2.19 bits per heavy atom. The molecular formula is C16H18ClN3S. The van der Waals surface area contributed by atoms with Crippen molar-refractivity contribution < 1.29 is 0 Å². The van der Waals surface area contributed by atoms with Crippen molar-refractivity contribution in [3.05, 3.63) is 28.8 Å². The summed E-state index contributed by atoms with van der Waals surface area (Å²) in [6.07, 6.45) is 4.89. The predicted octanol–water partition coefficient (Wildman–Crippen LogP) is 4.68. The summed E-state index contributed by atoms with van der Waals surface area (Å²) in [5, 5.41) is 13.8. The van der Waals surface area contributed by atoms with Gasteiger partial charge in [-0.1, -0.05) is 30.3 Å². The molecule has 3 rings (SSSR count). The lowest BCUT2D eigenvalue weighted by molar-refractivity contribution is 0.273. The van der Waals surface area contributed by atoms with Crippen molar-refractivity contribution in [1.82, 2.24) is 0 Å². The molecule has 2 aliphatic rings. The number of benzene rings is 1. The Balaban J connectivity index is 1.76. The molecule has 1 saturated carbocycles. The first kappa shape index (κ1) is 14.7. The van der Waals surface area contributed by atoms with Crippen LogP contribution in [0.3, 0.4) is 0 Å². The van der Waals surface area contributed by atoms with Gasteiger partial charge in [-0.2, -0.15) is 5.26 Å². The Morgan fingerprint density at radius 1 is 1.43 bits per heavy atom. The van der Waals surface area contributed by atoms with Gasteiger partial charge in [-0.3, -0.25) is 4.99 Å². The van der Waals surface area contributed by atoms with Crippen molar-refractivity contribution in [3.63, 3.8) is 0 Å². The smallest absolute Gasteiger partial charge is 0.161 e. The molecule has 21 heavy (non-hydrogen) atoms. The quantitative estimate of drug-likeness (QED) is 0.818. The fourth-order valence-corrected chi connectivity index (χ4v) is 4.27. The van der Waals surface area contributed by atoms with Crippen LogP contribution in [0.1, 0.15) is 38.2 Å². The molecule has 0 amide bonds. The van der Waals surface area contributed by atoms with Gasteiger partial charge in [0.15, 0.2) is 5.17 Å². The minimum absolute atomic E-state index is 0.124. The number of aliphatic imine (C=N–C) groups is 1. The minimum Gasteiger partial charge on any atom is -0.334 e. The number of nitrogens with one attached hydrogen (secondary N) is 1. The standard InChI is InChI=1S/C16H18ClN3S/c1-11-4-6-16(7-5-11)10-21-15(20-16)19-14-8-12(9-18)2-3-13(14)17/h2-3,8,11H,4-7,10H2,1H3,(H,19,20). The molecule has 1 heterocycles. The fourth-order valence-electron chi connectivity index (χ4n) is 2.91. The second-order valence-electron chi connectivity index (χ2n) is 6.04. The lowest BCUT2D eigenvalue weighted by Gasteiger charge is -2.32. The average molecular weight is 320 g/mol. The average Bonchev–Trinajstić information content (AvgIpc) is 2.88. The van der Waals surface area contributed by atoms with E-state index in [0.29, 0.717) is 10.6 Å². The third-order valence-electron chi connectivity index (χ3n) is 4.36. The molecule has 1 aromatic carbocycles. The summed E-state index contributed by atoms with van der Waals surface area (Å²) in [4.78, 5) is 4.93. The summed E-state index contributed by atoms with van der Waals surface area (Å²) in [6, 6.07) is 7.39. The van der Waals surface area contributed by atoms with Gasteiger partial charge in [0.2, 0.25) is 0 Å². The predicted molar refractivity (Wildman–Crippen MR) is 90.0 cm³/mol. The normalized spacial score (nSPS) is 28.2. The Hall–Kier alpha value is -1.18. The lowest BCUT2D eigenvalue weighted by atomic mass is 9.79. The van der Waals surface area contributed by atoms with Crippen LogP contribution in [-0.2, 0) is 0 Å². The van der Waals surface area contributed by atoms with Crippen LogP contribution in [-0.4, -0.2) is 16.5 Å². The number of thioether (sulfide) groups is 1. The molecule has 1 aliphatic heterocycles. The van der Waals surface area contributed by atoms with Gasteiger partial charge in [-0.05, 0) is 49.8 Å². The number of hydrogen-bond donors (Lipinski definition) is 1. The maximum absolute atomic E-state index is 8.98. The molecule has 0 aromatic heterocycles. The zero-order chi connectivity index (χ0) is 14.9. The second-order valence-corrected chi connectivity index (χ2v) is 7.42. The summed E-state index contributed by atoms with van der Waals surface area (Å²) in [5.74, 6) is 1.88. The van der Waals surface area contributed by atoms with Crippen LogP contribution in [0.4, 0.5) is 5.69 Å². The Labute approximate surface area is 134 Å². The highest BCUT2D eigenvalue weighted by atomic mass is 35.5. The molecule has 1 aliphatic carbocycles. The van der Waals surface area contributed by atoms with E-state index in [-0.39, 0.29) is 5.54 Å². The highest BCUT2D eigenvalue weighted by Crippen LogP contribution is 2.42. The number of nitrogens with zero attached hydrogens (tertiary/aromatic N) is 2. The van der Waals surface area contributed by atoms with Crippen LogP contribution in [0.25, 0.3) is 0 Å². The first-order chi connectivity index (χ1) is 10.1. The van der Waals surface area contributed by atoms with E-state index in [1.54, 1.807) is 30.0 Å². The molecule has 1 fully saturated rings. The summed E-state index contributed by atoms with van der Waals surface area (Å²) in [7, 11) is 0. The van der Waals surface area contributed by atoms with Crippen molar-refractivity contribution in [2.24, 2.45) is 10.9 Å². The van der Waals surface area contributed by atoms with Gasteiger partial charge < -0.3 is 5.32 Å². The van der Waals surface area contributed by atoms with Gasteiger partial charge in [0.05, 0.1) is 27.9 Å². The van der Waals surface area contributed by atoms with E-state index >= 15 is 0 Å². The lowest BCUT2D eigenvalue weighted by Crippen LogP contribution is -2.32. The van der Waals surface area contributed by atoms with Crippen LogP contribution in [0.5, 0.6) is 0 Å². The second kappa shape index (κ2) is 5.90. The van der Waals surface area contributed by atoms with Gasteiger partial charge in [-0.15, -0.1) is 0 Å². The number of hydrogen-bond acceptors (Lipinski definition) is 4. The minimum atomic E-state index is 0.124. The molecule has 1 spiro atoms. The van der Waals surface area contributed by atoms with Crippen LogP contribution in [0.2, 0.25) is 5.02 Å². The maximum Gasteiger partial charge on any atom is 0.161 e. The molecule has 0 unspecified atom stereocenters. The Bertz CT molecular complexity index is 612. The Kier molecular flexibility index (Phi) is 4.14. The van der Waals surface area contributed by atoms with Gasteiger partial charge in [0.25, 0.3) is 0 Å². The van der Waals surface area contributed by atoms with Crippen LogP contribution < -0.4 is 5.32 Å². The van der Waals surface area contributed by atoms with Crippen LogP contribution in [0.15, 0.2) is 23.2 Å². The summed E-state index contributed by atoms with van der Waals surface area (Å²) in [5.41, 5.74) is 1.49. The number of rotatable bonds is 1. The number of anilines is 1. The van der Waals surface area contributed by atoms with E-state index in [1.807, 2.05) is 0 Å². The van der Waals surface area contributed by atoms with Gasteiger partial charge in [0, 0.05) is 5.75 Å². The molecular weight excluding hydrogens is 302 g/mol. The fraction of sp³-hybridized carbons (Fsp3) is 0.500. The van der Waals surface area contributed by atoms with E-state index in [2.05, 4.69) is 18.3 Å². The van der Waals surface area contributed by atoms with E-state index < -0.39 is 0 Å². The van der Waals surface area contributed by atoms with Crippen molar-refractivity contribution in [2.75, 3.05) is 11.1 Å². The first-order valence-electron chi connectivity index (χ1n) is 7.30. The van der Waals surface area contributed by atoms with Crippen molar-refractivity contribution >= 4 is 34.2 Å². The van der Waals surface area contributed by atoms with E-state index in [4.69, 9.17) is 21.9 Å². The van der Waals surface area contributed by atoms with Gasteiger partial charge in [0.1, 0.15) is 0 Å². The third-order valence-corrected chi connectivity index (χ3v) is 5.84. The van der Waals surface area contributed by atoms with Crippen LogP contribution in [0, 0.1) is 17.2 Å². The van der Waals surface area contributed by atoms with E-state index in [0.717, 1.165) is 22.5 Å². The molecule has 0 bridgehead atoms. The topological polar surface area (TPSA) is 48.2 Å². The summed E-state index contributed by atoms with van der Waals surface area (Å²) < 4.78 is 0. The highest BCUT2D eigenvalue weighted by Gasteiger charge is 2.38. The monoisotopic (exact) mass is 319 g/mol. The summed E-state index contributed by atoms with van der Waals surface area (Å²) >= 11 is 7.96. The molecule has 1 aromatic rings.